The molecule has 2 aliphatic heterocycles. The molecule has 0 aromatic carbocycles. The Morgan fingerprint density at radius 3 is 3.18 bits per heavy atom. The second-order valence-corrected chi connectivity index (χ2v) is 2.06. The summed E-state index contributed by atoms with van der Waals surface area (Å²) in [6, 6.07) is -0.432. The number of amides is 2. The molecule has 55 valence electrons. The molecule has 0 spiro atoms. The third kappa shape index (κ3) is 0.759. The zero-order valence-corrected chi connectivity index (χ0v) is 5.46. The van der Waals surface area contributed by atoms with Crippen LogP contribution in [0.3, 0.4) is 0 Å². The monoisotopic (exact) mass is 151 g/mol. The number of rotatable bonds is 0. The lowest BCUT2D eigenvalue weighted by molar-refractivity contribution is 0.250. The Morgan fingerprint density at radius 1 is 1.64 bits per heavy atom. The number of carbonyl (C=O) groups excluding carboxylic acids is 1. The van der Waals surface area contributed by atoms with Gasteiger partial charge in [-0.05, 0) is 4.99 Å². The summed E-state index contributed by atoms with van der Waals surface area (Å²) in [5.74, 6) is 0.704. The topological polar surface area (TPSA) is 93.6 Å². The van der Waals surface area contributed by atoms with Gasteiger partial charge in [0.1, 0.15) is 5.82 Å². The molecule has 0 saturated heterocycles. The van der Waals surface area contributed by atoms with Crippen molar-refractivity contribution in [2.45, 2.75) is 0 Å². The first-order valence-electron chi connectivity index (χ1n) is 2.96. The molecule has 2 amide bonds. The summed E-state index contributed by atoms with van der Waals surface area (Å²) < 4.78 is 0. The number of fused-ring (bicyclic) bond motifs is 1. The highest BCUT2D eigenvalue weighted by Gasteiger charge is 2.33. The summed E-state index contributed by atoms with van der Waals surface area (Å²) >= 11 is 0. The average Bonchev–Trinajstić information content (AvgIpc) is 2.31. The van der Waals surface area contributed by atoms with E-state index in [1.807, 2.05) is 0 Å². The van der Waals surface area contributed by atoms with Crippen molar-refractivity contribution < 1.29 is 4.79 Å². The Morgan fingerprint density at radius 2 is 2.45 bits per heavy atom. The lowest BCUT2D eigenvalue weighted by Crippen LogP contribution is -2.31. The summed E-state index contributed by atoms with van der Waals surface area (Å²) in [5, 5.41) is 5.09. The van der Waals surface area contributed by atoms with Crippen molar-refractivity contribution in [3.8, 4) is 0 Å². The highest BCUT2D eigenvalue weighted by atomic mass is 16.2. The van der Waals surface area contributed by atoms with Crippen molar-refractivity contribution in [2.75, 3.05) is 0 Å². The smallest absolute Gasteiger partial charge is 0.382 e. The molecule has 2 rings (SSSR count). The molecule has 0 aromatic heterocycles. The molecule has 0 aromatic rings. The fourth-order valence-corrected chi connectivity index (χ4v) is 0.859. The average molecular weight is 151 g/mol. The van der Waals surface area contributed by atoms with E-state index in [2.05, 4.69) is 20.6 Å². The van der Waals surface area contributed by atoms with Crippen LogP contribution in [0, 0.1) is 0 Å². The quantitative estimate of drug-likeness (QED) is 0.381. The Hall–Kier alpha value is -1.85. The molecule has 4 N–H and O–H groups in total. The number of nitrogens with two attached hydrogens (primary N) is 1. The van der Waals surface area contributed by atoms with Gasteiger partial charge >= 0.3 is 11.9 Å². The van der Waals surface area contributed by atoms with Crippen LogP contribution in [0.25, 0.3) is 0 Å². The third-order valence-electron chi connectivity index (χ3n) is 1.34. The fraction of sp³-hybridized carbons (Fsp3) is 0. The van der Waals surface area contributed by atoms with E-state index in [1.54, 1.807) is 0 Å². The van der Waals surface area contributed by atoms with Crippen molar-refractivity contribution >= 4 is 18.2 Å². The van der Waals surface area contributed by atoms with Crippen LogP contribution in [-0.4, -0.2) is 18.2 Å². The number of aliphatic imine (C=N–C) groups is 2. The first kappa shape index (κ1) is 5.90. The van der Waals surface area contributed by atoms with Crippen molar-refractivity contribution in [1.82, 2.24) is 15.6 Å². The number of nitrogens with one attached hydrogen (secondary N) is 2. The molecule has 0 atom stereocenters. The normalized spacial score (nSPS) is 20.7. The minimum atomic E-state index is -0.432. The van der Waals surface area contributed by atoms with Crippen LogP contribution in [0.15, 0.2) is 16.5 Å². The first-order valence-corrected chi connectivity index (χ1v) is 2.96. The van der Waals surface area contributed by atoms with Gasteiger partial charge in [0.2, 0.25) is 5.70 Å². The summed E-state index contributed by atoms with van der Waals surface area (Å²) in [6.07, 6.45) is 1.39. The van der Waals surface area contributed by atoms with Crippen molar-refractivity contribution in [1.29, 1.82) is 0 Å². The van der Waals surface area contributed by atoms with E-state index < -0.39 is 6.03 Å². The van der Waals surface area contributed by atoms with Gasteiger partial charge in [-0.1, -0.05) is 4.99 Å². The van der Waals surface area contributed by atoms with Gasteiger partial charge in [-0.15, -0.1) is 0 Å². The molecule has 0 unspecified atom stereocenters. The molecule has 0 aliphatic carbocycles. The van der Waals surface area contributed by atoms with Gasteiger partial charge in [0, 0.05) is 0 Å². The maximum absolute atomic E-state index is 10.7. The Bertz CT molecular complexity index is 313. The van der Waals surface area contributed by atoms with Gasteiger partial charge in [-0.25, -0.2) is 10.1 Å². The van der Waals surface area contributed by atoms with Crippen LogP contribution in [0.4, 0.5) is 4.79 Å². The van der Waals surface area contributed by atoms with Crippen LogP contribution >= 0.6 is 0 Å². The summed E-state index contributed by atoms with van der Waals surface area (Å²) in [4.78, 5) is 18.0. The molecule has 1 radical (unpaired) electrons. The Balaban J connectivity index is 2.48. The van der Waals surface area contributed by atoms with E-state index in [9.17, 15) is 4.79 Å². The van der Waals surface area contributed by atoms with Crippen LogP contribution in [-0.2, 0) is 0 Å². The van der Waals surface area contributed by atoms with E-state index in [1.165, 1.54) is 6.34 Å². The maximum atomic E-state index is 10.7. The number of amidine groups is 1. The number of hydrogen-bond donors (Lipinski definition) is 3. The van der Waals surface area contributed by atoms with E-state index in [4.69, 9.17) is 5.73 Å². The molecule has 6 nitrogen and oxygen atoms in total. The second kappa shape index (κ2) is 1.82. The number of nitrogens with zero attached hydrogens (tertiary/aromatic N) is 2. The summed E-state index contributed by atoms with van der Waals surface area (Å²) in [7, 11) is 0. The second-order valence-electron chi connectivity index (χ2n) is 2.06. The van der Waals surface area contributed by atoms with Gasteiger partial charge in [-0.2, -0.15) is 0 Å². The van der Waals surface area contributed by atoms with Crippen LogP contribution in [0.1, 0.15) is 0 Å². The van der Waals surface area contributed by atoms with Crippen molar-refractivity contribution in [2.24, 2.45) is 10.7 Å². The van der Waals surface area contributed by atoms with E-state index in [0.717, 1.165) is 0 Å². The summed E-state index contributed by atoms with van der Waals surface area (Å²) in [5.41, 5.74) is 5.92. The number of urea groups is 1. The minimum Gasteiger partial charge on any atom is -0.382 e. The van der Waals surface area contributed by atoms with E-state index in [-0.39, 0.29) is 0 Å². The predicted molar refractivity (Wildman–Crippen MR) is 38.5 cm³/mol. The van der Waals surface area contributed by atoms with Crippen molar-refractivity contribution in [3.63, 3.8) is 0 Å². The van der Waals surface area contributed by atoms with Gasteiger partial charge in [-0.3, -0.25) is 0 Å². The Labute approximate surface area is 61.9 Å². The van der Waals surface area contributed by atoms with Crippen LogP contribution in [0.2, 0.25) is 0 Å². The van der Waals surface area contributed by atoms with Crippen LogP contribution in [0.5, 0.6) is 0 Å². The van der Waals surface area contributed by atoms with Crippen molar-refractivity contribution in [3.05, 3.63) is 11.5 Å². The van der Waals surface area contributed by atoms with Gasteiger partial charge in [0.05, 0.1) is 0 Å². The first-order chi connectivity index (χ1) is 5.27. The molecule has 11 heavy (non-hydrogen) atoms. The predicted octanol–water partition coefficient (Wildman–Crippen LogP) is -1.80. The molecule has 0 fully saturated rings. The highest BCUT2D eigenvalue weighted by Crippen LogP contribution is 2.03. The standard InChI is InChI=1S/C5H5N5O/c6-3-2-4(8-1-7-3)10-5(11)9-2/h1H,6H2,(H,7,8)(H,9,11)/q+1. The third-order valence-corrected chi connectivity index (χ3v) is 1.34. The molecular weight excluding hydrogens is 146 g/mol. The molecule has 2 heterocycles. The molecule has 2 aliphatic rings. The SMILES string of the molecule is NC1=C2NC(=O)[N+]=C2N=CN1. The molecule has 0 bridgehead atoms. The number of carbonyl (C=O) groups is 1. The highest BCUT2D eigenvalue weighted by molar-refractivity contribution is 6.13. The van der Waals surface area contributed by atoms with E-state index >= 15 is 0 Å². The lowest BCUT2D eigenvalue weighted by atomic mass is 10.4. The Kier molecular flexibility index (Phi) is 0.974. The molecule has 6 heteroatoms. The number of hydrogen-bond acceptors (Lipinski definition) is 4. The van der Waals surface area contributed by atoms with E-state index in [0.29, 0.717) is 17.4 Å². The van der Waals surface area contributed by atoms with Gasteiger partial charge in [0.15, 0.2) is 6.34 Å². The summed E-state index contributed by atoms with van der Waals surface area (Å²) in [6.45, 7) is 0. The lowest BCUT2D eigenvalue weighted by Gasteiger charge is -2.02. The van der Waals surface area contributed by atoms with Crippen LogP contribution < -0.4 is 21.4 Å². The zero-order chi connectivity index (χ0) is 7.84. The van der Waals surface area contributed by atoms with Gasteiger partial charge < -0.3 is 11.1 Å². The molecular formula is C5H5N5O+. The maximum Gasteiger partial charge on any atom is 0.476 e. The minimum absolute atomic E-state index is 0.339. The molecule has 0 saturated carbocycles. The van der Waals surface area contributed by atoms with Gasteiger partial charge in [0.25, 0.3) is 0 Å². The largest absolute Gasteiger partial charge is 0.476 e. The fourth-order valence-electron chi connectivity index (χ4n) is 0.859. The zero-order valence-electron chi connectivity index (χ0n) is 5.46.